The molecule has 2 aromatic rings. The average molecular weight is 320 g/mol. The van der Waals surface area contributed by atoms with E-state index in [0.29, 0.717) is 11.1 Å². The zero-order chi connectivity index (χ0) is 17.0. The van der Waals surface area contributed by atoms with Gasteiger partial charge in [0.1, 0.15) is 17.2 Å². The summed E-state index contributed by atoms with van der Waals surface area (Å²) in [7, 11) is 0. The number of carbonyl (C=O) groups excluding carboxylic acids is 1. The van der Waals surface area contributed by atoms with Gasteiger partial charge < -0.3 is 9.84 Å². The molecule has 3 nitrogen and oxygen atoms in total. The Kier molecular flexibility index (Phi) is 5.11. The lowest BCUT2D eigenvalue weighted by molar-refractivity contribution is -0.155. The monoisotopic (exact) mass is 320 g/mol. The van der Waals surface area contributed by atoms with Crippen LogP contribution in [0.2, 0.25) is 0 Å². The van der Waals surface area contributed by atoms with Crippen molar-refractivity contribution < 1.29 is 23.4 Å². The van der Waals surface area contributed by atoms with Crippen LogP contribution in [0.3, 0.4) is 0 Å². The topological polar surface area (TPSA) is 46.5 Å². The number of rotatable bonds is 5. The second-order valence-electron chi connectivity index (χ2n) is 5.25. The van der Waals surface area contributed by atoms with Crippen LogP contribution < -0.4 is 0 Å². The third-order valence-corrected chi connectivity index (χ3v) is 3.84. The van der Waals surface area contributed by atoms with Gasteiger partial charge in [-0.25, -0.2) is 8.78 Å². The van der Waals surface area contributed by atoms with Gasteiger partial charge in [0.2, 0.25) is 0 Å². The predicted octanol–water partition coefficient (Wildman–Crippen LogP) is 3.40. The minimum absolute atomic E-state index is 0.173. The fraction of sp³-hybridized carbons (Fsp3) is 0.278. The number of benzene rings is 2. The van der Waals surface area contributed by atoms with E-state index in [4.69, 9.17) is 4.74 Å². The molecule has 0 bridgehead atoms. The SMILES string of the molecule is CCOC(=O)C(C)C(O)(c1ccc(F)cc1)c1ccc(F)cc1. The van der Waals surface area contributed by atoms with Gasteiger partial charge in [-0.2, -0.15) is 0 Å². The van der Waals surface area contributed by atoms with Crippen LogP contribution >= 0.6 is 0 Å². The lowest BCUT2D eigenvalue weighted by Crippen LogP contribution is -2.40. The Bertz CT molecular complexity index is 620. The van der Waals surface area contributed by atoms with Crippen molar-refractivity contribution in [1.82, 2.24) is 0 Å². The van der Waals surface area contributed by atoms with Gasteiger partial charge >= 0.3 is 5.97 Å². The maximum absolute atomic E-state index is 13.2. The van der Waals surface area contributed by atoms with Gasteiger partial charge in [-0.3, -0.25) is 4.79 Å². The molecule has 0 aliphatic rings. The molecule has 2 rings (SSSR count). The molecule has 0 aromatic heterocycles. The van der Waals surface area contributed by atoms with Crippen molar-refractivity contribution in [3.05, 3.63) is 71.3 Å². The minimum atomic E-state index is -1.76. The number of hydrogen-bond donors (Lipinski definition) is 1. The first kappa shape index (κ1) is 17.1. The molecule has 0 amide bonds. The molecule has 1 unspecified atom stereocenters. The highest BCUT2D eigenvalue weighted by Crippen LogP contribution is 2.37. The van der Waals surface area contributed by atoms with Crippen LogP contribution in [0.25, 0.3) is 0 Å². The Morgan fingerprint density at radius 1 is 1.04 bits per heavy atom. The molecule has 5 heteroatoms. The van der Waals surface area contributed by atoms with E-state index in [2.05, 4.69) is 0 Å². The van der Waals surface area contributed by atoms with E-state index >= 15 is 0 Å². The van der Waals surface area contributed by atoms with Crippen LogP contribution in [-0.4, -0.2) is 17.7 Å². The Hall–Kier alpha value is -2.27. The summed E-state index contributed by atoms with van der Waals surface area (Å²) in [5.41, 5.74) is -1.11. The van der Waals surface area contributed by atoms with Crippen molar-refractivity contribution in [1.29, 1.82) is 0 Å². The fourth-order valence-electron chi connectivity index (χ4n) is 2.51. The normalized spacial score (nSPS) is 12.7. The van der Waals surface area contributed by atoms with Crippen molar-refractivity contribution in [3.8, 4) is 0 Å². The molecule has 0 aliphatic carbocycles. The molecule has 2 aromatic carbocycles. The van der Waals surface area contributed by atoms with E-state index in [1.165, 1.54) is 55.5 Å². The summed E-state index contributed by atoms with van der Waals surface area (Å²) in [6.07, 6.45) is 0. The van der Waals surface area contributed by atoms with E-state index in [1.54, 1.807) is 6.92 Å². The third kappa shape index (κ3) is 3.40. The lowest BCUT2D eigenvalue weighted by atomic mass is 9.77. The van der Waals surface area contributed by atoms with Crippen molar-refractivity contribution in [2.75, 3.05) is 6.61 Å². The van der Waals surface area contributed by atoms with Crippen molar-refractivity contribution in [2.24, 2.45) is 5.92 Å². The highest BCUT2D eigenvalue weighted by Gasteiger charge is 2.42. The van der Waals surface area contributed by atoms with E-state index in [9.17, 15) is 18.7 Å². The standard InChI is InChI=1S/C18H18F2O3/c1-3-23-17(21)12(2)18(22,13-4-8-15(19)9-5-13)14-6-10-16(20)11-7-14/h4-12,22H,3H2,1-2H3. The Morgan fingerprint density at radius 3 is 1.78 bits per heavy atom. The summed E-state index contributed by atoms with van der Waals surface area (Å²) in [5.74, 6) is -2.47. The zero-order valence-corrected chi connectivity index (χ0v) is 12.9. The summed E-state index contributed by atoms with van der Waals surface area (Å²) in [6, 6.07) is 10.4. The summed E-state index contributed by atoms with van der Waals surface area (Å²) in [4.78, 5) is 12.1. The molecule has 1 atom stereocenters. The summed E-state index contributed by atoms with van der Waals surface area (Å²) in [6.45, 7) is 3.36. The molecular formula is C18H18F2O3. The first-order chi connectivity index (χ1) is 10.9. The number of hydrogen-bond acceptors (Lipinski definition) is 3. The van der Waals surface area contributed by atoms with Crippen LogP contribution in [0.4, 0.5) is 8.78 Å². The molecule has 0 aliphatic heterocycles. The van der Waals surface area contributed by atoms with Gasteiger partial charge in [-0.1, -0.05) is 24.3 Å². The predicted molar refractivity (Wildman–Crippen MR) is 81.6 cm³/mol. The van der Waals surface area contributed by atoms with Gasteiger partial charge in [-0.15, -0.1) is 0 Å². The second kappa shape index (κ2) is 6.87. The number of aliphatic hydroxyl groups is 1. The first-order valence-corrected chi connectivity index (χ1v) is 7.30. The number of esters is 1. The van der Waals surface area contributed by atoms with E-state index in [0.717, 1.165) is 0 Å². The highest BCUT2D eigenvalue weighted by molar-refractivity contribution is 5.75. The van der Waals surface area contributed by atoms with Gasteiger partial charge in [0.05, 0.1) is 12.5 Å². The highest BCUT2D eigenvalue weighted by atomic mass is 19.1. The van der Waals surface area contributed by atoms with Crippen LogP contribution in [0, 0.1) is 17.6 Å². The summed E-state index contributed by atoms with van der Waals surface area (Å²) in [5, 5.41) is 11.3. The maximum atomic E-state index is 13.2. The molecule has 0 radical (unpaired) electrons. The molecular weight excluding hydrogens is 302 g/mol. The van der Waals surface area contributed by atoms with Crippen LogP contribution in [0.5, 0.6) is 0 Å². The van der Waals surface area contributed by atoms with Crippen LogP contribution in [-0.2, 0) is 15.1 Å². The minimum Gasteiger partial charge on any atom is -0.466 e. The van der Waals surface area contributed by atoms with Gasteiger partial charge in [0, 0.05) is 0 Å². The number of carbonyl (C=O) groups is 1. The Labute approximate surface area is 133 Å². The Balaban J connectivity index is 2.56. The molecule has 0 saturated heterocycles. The Morgan fingerprint density at radius 2 is 1.43 bits per heavy atom. The smallest absolute Gasteiger partial charge is 0.312 e. The van der Waals surface area contributed by atoms with Crippen molar-refractivity contribution >= 4 is 5.97 Å². The van der Waals surface area contributed by atoms with Crippen molar-refractivity contribution in [2.45, 2.75) is 19.4 Å². The number of ether oxygens (including phenoxy) is 1. The van der Waals surface area contributed by atoms with E-state index in [-0.39, 0.29) is 6.61 Å². The van der Waals surface area contributed by atoms with Crippen LogP contribution in [0.15, 0.2) is 48.5 Å². The third-order valence-electron chi connectivity index (χ3n) is 3.84. The van der Waals surface area contributed by atoms with Crippen LogP contribution in [0.1, 0.15) is 25.0 Å². The van der Waals surface area contributed by atoms with E-state index < -0.39 is 29.1 Å². The molecule has 0 saturated carbocycles. The quantitative estimate of drug-likeness (QED) is 0.859. The maximum Gasteiger partial charge on any atom is 0.312 e. The number of halogens is 2. The van der Waals surface area contributed by atoms with Crippen molar-refractivity contribution in [3.63, 3.8) is 0 Å². The second-order valence-corrected chi connectivity index (χ2v) is 5.25. The fourth-order valence-corrected chi connectivity index (χ4v) is 2.51. The summed E-state index contributed by atoms with van der Waals surface area (Å²) < 4.78 is 31.4. The summed E-state index contributed by atoms with van der Waals surface area (Å²) >= 11 is 0. The molecule has 122 valence electrons. The molecule has 0 spiro atoms. The lowest BCUT2D eigenvalue weighted by Gasteiger charge is -2.34. The zero-order valence-electron chi connectivity index (χ0n) is 12.9. The first-order valence-electron chi connectivity index (χ1n) is 7.30. The van der Waals surface area contributed by atoms with E-state index in [1.807, 2.05) is 0 Å². The van der Waals surface area contributed by atoms with Gasteiger partial charge in [0.15, 0.2) is 0 Å². The molecule has 0 fully saturated rings. The molecule has 1 N–H and O–H groups in total. The van der Waals surface area contributed by atoms with Gasteiger partial charge in [-0.05, 0) is 49.2 Å². The molecule has 0 heterocycles. The van der Waals surface area contributed by atoms with Gasteiger partial charge in [0.25, 0.3) is 0 Å². The molecule has 23 heavy (non-hydrogen) atoms. The largest absolute Gasteiger partial charge is 0.466 e. The average Bonchev–Trinajstić information content (AvgIpc) is 2.55.